The van der Waals surface area contributed by atoms with Crippen LogP contribution in [-0.2, 0) is 6.54 Å². The van der Waals surface area contributed by atoms with Crippen LogP contribution in [0.4, 0.5) is 24.5 Å². The van der Waals surface area contributed by atoms with Crippen LogP contribution in [0.1, 0.15) is 5.56 Å². The molecule has 0 aliphatic rings. The van der Waals surface area contributed by atoms with Crippen molar-refractivity contribution in [2.45, 2.75) is 17.8 Å². The summed E-state index contributed by atoms with van der Waals surface area (Å²) in [5, 5.41) is 7.42. The number of hydrogen-bond acceptors (Lipinski definition) is 5. The van der Waals surface area contributed by atoms with E-state index in [1.807, 2.05) is 43.6 Å². The van der Waals surface area contributed by atoms with Crippen molar-refractivity contribution in [3.05, 3.63) is 77.7 Å². The SMILES string of the molecule is CNCc1c[nH]c2cc(Nc3ccc(OC(F)(F)F)cc3Cl)ccc12.Sc1cccnc1. The summed E-state index contributed by atoms with van der Waals surface area (Å²) < 4.78 is 40.6. The molecule has 10 heteroatoms. The first kappa shape index (κ1) is 23.8. The molecule has 0 saturated carbocycles. The van der Waals surface area contributed by atoms with Crippen LogP contribution >= 0.6 is 24.2 Å². The number of pyridine rings is 1. The minimum Gasteiger partial charge on any atom is -0.406 e. The van der Waals surface area contributed by atoms with Gasteiger partial charge in [-0.25, -0.2) is 0 Å². The number of halogens is 4. The van der Waals surface area contributed by atoms with E-state index in [2.05, 4.69) is 38.0 Å². The molecule has 168 valence electrons. The number of H-pyrrole nitrogens is 1. The predicted molar refractivity (Wildman–Crippen MR) is 124 cm³/mol. The molecule has 0 spiro atoms. The molecule has 4 aromatic rings. The van der Waals surface area contributed by atoms with E-state index in [1.165, 1.54) is 12.1 Å². The van der Waals surface area contributed by atoms with Gasteiger partial charge in [-0.05, 0) is 49.0 Å². The molecule has 32 heavy (non-hydrogen) atoms. The van der Waals surface area contributed by atoms with Gasteiger partial charge in [0, 0.05) is 52.7 Å². The summed E-state index contributed by atoms with van der Waals surface area (Å²) in [7, 11) is 1.88. The summed E-state index contributed by atoms with van der Waals surface area (Å²) in [6, 6.07) is 13.3. The van der Waals surface area contributed by atoms with Crippen molar-refractivity contribution in [1.82, 2.24) is 15.3 Å². The maximum Gasteiger partial charge on any atom is 0.573 e. The maximum absolute atomic E-state index is 12.2. The van der Waals surface area contributed by atoms with Crippen LogP contribution in [0.3, 0.4) is 0 Å². The van der Waals surface area contributed by atoms with Crippen molar-refractivity contribution in [3.8, 4) is 5.75 Å². The number of nitrogens with one attached hydrogen (secondary N) is 3. The predicted octanol–water partition coefficient (Wildman–Crippen LogP) is 6.55. The number of benzene rings is 2. The fourth-order valence-corrected chi connectivity index (χ4v) is 3.27. The smallest absolute Gasteiger partial charge is 0.406 e. The quantitative estimate of drug-likeness (QED) is 0.244. The Bertz CT molecular complexity index is 1170. The lowest BCUT2D eigenvalue weighted by molar-refractivity contribution is -0.274. The van der Waals surface area contributed by atoms with Gasteiger partial charge in [-0.3, -0.25) is 4.98 Å². The lowest BCUT2D eigenvalue weighted by Crippen LogP contribution is -2.17. The number of nitrogens with zero attached hydrogens (tertiary/aromatic N) is 1. The van der Waals surface area contributed by atoms with Gasteiger partial charge in [-0.1, -0.05) is 17.7 Å². The van der Waals surface area contributed by atoms with Crippen molar-refractivity contribution in [1.29, 1.82) is 0 Å². The third kappa shape index (κ3) is 6.81. The Morgan fingerprint density at radius 2 is 1.97 bits per heavy atom. The zero-order chi connectivity index (χ0) is 23.1. The standard InChI is InChI=1S/C17H15ClF3N3O.C5H5NS/c1-22-8-10-9-23-16-6-11(2-4-13(10)16)24-15-5-3-12(7-14(15)18)25-17(19,20)21;7-5-2-1-3-6-4-5/h2-7,9,22-24H,8H2,1H3;1-4,7H. The number of aromatic nitrogens is 2. The van der Waals surface area contributed by atoms with E-state index >= 15 is 0 Å². The molecular formula is C22H20ClF3N4OS. The van der Waals surface area contributed by atoms with Gasteiger partial charge in [-0.2, -0.15) is 0 Å². The Morgan fingerprint density at radius 1 is 1.16 bits per heavy atom. The molecule has 0 atom stereocenters. The summed E-state index contributed by atoms with van der Waals surface area (Å²) >= 11 is 10.1. The second kappa shape index (κ2) is 10.6. The van der Waals surface area contributed by atoms with Gasteiger partial charge in [0.2, 0.25) is 0 Å². The number of ether oxygens (including phenoxy) is 1. The largest absolute Gasteiger partial charge is 0.573 e. The zero-order valence-electron chi connectivity index (χ0n) is 16.9. The van der Waals surface area contributed by atoms with Crippen LogP contribution in [-0.4, -0.2) is 23.4 Å². The van der Waals surface area contributed by atoms with E-state index in [0.29, 0.717) is 5.69 Å². The fraction of sp³-hybridized carbons (Fsp3) is 0.136. The minimum absolute atomic E-state index is 0.129. The van der Waals surface area contributed by atoms with E-state index in [-0.39, 0.29) is 10.8 Å². The van der Waals surface area contributed by atoms with Crippen molar-refractivity contribution < 1.29 is 17.9 Å². The number of fused-ring (bicyclic) bond motifs is 1. The summed E-state index contributed by atoms with van der Waals surface area (Å²) in [5.41, 5.74) is 3.34. The Morgan fingerprint density at radius 3 is 2.56 bits per heavy atom. The number of alkyl halides is 3. The van der Waals surface area contributed by atoms with Gasteiger partial charge < -0.3 is 20.4 Å². The van der Waals surface area contributed by atoms with Gasteiger partial charge in [-0.15, -0.1) is 25.8 Å². The number of rotatable bonds is 5. The topological polar surface area (TPSA) is 62.0 Å². The highest BCUT2D eigenvalue weighted by Crippen LogP contribution is 2.32. The first-order chi connectivity index (χ1) is 15.2. The molecule has 2 heterocycles. The highest BCUT2D eigenvalue weighted by atomic mass is 35.5. The third-order valence-corrected chi connectivity index (χ3v) is 4.81. The molecule has 0 saturated heterocycles. The average Bonchev–Trinajstić information content (AvgIpc) is 3.12. The van der Waals surface area contributed by atoms with Crippen LogP contribution in [0.25, 0.3) is 10.9 Å². The number of anilines is 2. The number of hydrogen-bond donors (Lipinski definition) is 4. The minimum atomic E-state index is -4.75. The highest BCUT2D eigenvalue weighted by Gasteiger charge is 2.31. The molecule has 0 unspecified atom stereocenters. The lowest BCUT2D eigenvalue weighted by atomic mass is 10.1. The second-order valence-corrected chi connectivity index (χ2v) is 7.55. The summed E-state index contributed by atoms with van der Waals surface area (Å²) in [6.07, 6.45) is 0.603. The van der Waals surface area contributed by atoms with E-state index in [9.17, 15) is 13.2 Å². The van der Waals surface area contributed by atoms with Crippen molar-refractivity contribution in [3.63, 3.8) is 0 Å². The second-order valence-electron chi connectivity index (χ2n) is 6.63. The van der Waals surface area contributed by atoms with E-state index in [4.69, 9.17) is 11.6 Å². The van der Waals surface area contributed by atoms with Gasteiger partial charge >= 0.3 is 6.36 Å². The molecular weight excluding hydrogens is 461 g/mol. The normalized spacial score (nSPS) is 11.1. The summed E-state index contributed by atoms with van der Waals surface area (Å²) in [6.45, 7) is 0.749. The maximum atomic E-state index is 12.2. The van der Waals surface area contributed by atoms with Crippen LogP contribution < -0.4 is 15.4 Å². The summed E-state index contributed by atoms with van der Waals surface area (Å²) in [5.74, 6) is -0.362. The highest BCUT2D eigenvalue weighted by molar-refractivity contribution is 7.80. The molecule has 0 fully saturated rings. The van der Waals surface area contributed by atoms with Crippen LogP contribution in [0, 0.1) is 0 Å². The molecule has 2 aromatic carbocycles. The van der Waals surface area contributed by atoms with Gasteiger partial charge in [0.15, 0.2) is 0 Å². The van der Waals surface area contributed by atoms with Crippen molar-refractivity contribution in [2.75, 3.05) is 12.4 Å². The van der Waals surface area contributed by atoms with Crippen LogP contribution in [0.2, 0.25) is 5.02 Å². The molecule has 0 aliphatic heterocycles. The van der Waals surface area contributed by atoms with E-state index in [0.717, 1.165) is 39.7 Å². The first-order valence-corrected chi connectivity index (χ1v) is 10.2. The Balaban J connectivity index is 0.000000352. The van der Waals surface area contributed by atoms with Crippen LogP contribution in [0.5, 0.6) is 5.75 Å². The monoisotopic (exact) mass is 480 g/mol. The Kier molecular flexibility index (Phi) is 7.89. The summed E-state index contributed by atoms with van der Waals surface area (Å²) in [4.78, 5) is 7.90. The molecule has 2 aromatic heterocycles. The molecule has 0 bridgehead atoms. The van der Waals surface area contributed by atoms with Crippen LogP contribution in [0.15, 0.2) is 72.0 Å². The third-order valence-electron chi connectivity index (χ3n) is 4.23. The fourth-order valence-electron chi connectivity index (χ4n) is 2.90. The molecule has 0 amide bonds. The zero-order valence-corrected chi connectivity index (χ0v) is 18.5. The molecule has 4 rings (SSSR count). The van der Waals surface area contributed by atoms with Gasteiger partial charge in [0.05, 0.1) is 10.7 Å². The molecule has 0 radical (unpaired) electrons. The average molecular weight is 481 g/mol. The number of aromatic amines is 1. The Hall–Kier alpha value is -2.88. The first-order valence-electron chi connectivity index (χ1n) is 9.41. The molecule has 3 N–H and O–H groups in total. The van der Waals surface area contributed by atoms with Gasteiger partial charge in [0.1, 0.15) is 5.75 Å². The van der Waals surface area contributed by atoms with Crippen molar-refractivity contribution >= 4 is 46.5 Å². The van der Waals surface area contributed by atoms with E-state index < -0.39 is 6.36 Å². The molecule has 5 nitrogen and oxygen atoms in total. The number of thiol groups is 1. The Labute approximate surface area is 193 Å². The van der Waals surface area contributed by atoms with E-state index in [1.54, 1.807) is 12.4 Å². The van der Waals surface area contributed by atoms with Gasteiger partial charge in [0.25, 0.3) is 0 Å². The lowest BCUT2D eigenvalue weighted by Gasteiger charge is -2.12. The van der Waals surface area contributed by atoms with Crippen molar-refractivity contribution in [2.24, 2.45) is 0 Å². The molecule has 0 aliphatic carbocycles.